The number of aliphatic hydroxyl groups excluding tert-OH is 1. The molecule has 0 aromatic heterocycles. The molecule has 0 aliphatic heterocycles. The fraction of sp³-hybridized carbons (Fsp3) is 1.00. The molecule has 0 rings (SSSR count). The van der Waals surface area contributed by atoms with Crippen molar-refractivity contribution in [2.45, 2.75) is 53.0 Å². The van der Waals surface area contributed by atoms with E-state index in [1.165, 1.54) is 0 Å². The molecule has 0 spiro atoms. The molecule has 104 valence electrons. The van der Waals surface area contributed by atoms with Gasteiger partial charge in [-0.3, -0.25) is 4.90 Å². The van der Waals surface area contributed by atoms with Crippen LogP contribution >= 0.6 is 0 Å². The number of rotatable bonds is 10. The first kappa shape index (κ1) is 16.9. The minimum atomic E-state index is 0.0527. The van der Waals surface area contributed by atoms with E-state index in [2.05, 4.69) is 32.6 Å². The number of methoxy groups -OCH3 is 1. The summed E-state index contributed by atoms with van der Waals surface area (Å²) in [7, 11) is 1.74. The normalized spacial score (nSPS) is 14.3. The summed E-state index contributed by atoms with van der Waals surface area (Å²) in [6, 6.07) is 0.550. The van der Waals surface area contributed by atoms with Gasteiger partial charge in [0.1, 0.15) is 0 Å². The van der Waals surface area contributed by atoms with Gasteiger partial charge in [-0.1, -0.05) is 20.8 Å². The van der Waals surface area contributed by atoms with Gasteiger partial charge in [0.15, 0.2) is 0 Å². The van der Waals surface area contributed by atoms with E-state index in [0.29, 0.717) is 6.04 Å². The summed E-state index contributed by atoms with van der Waals surface area (Å²) in [6.45, 7) is 11.8. The molecule has 0 radical (unpaired) electrons. The Morgan fingerprint density at radius 2 is 1.82 bits per heavy atom. The average molecular weight is 245 g/mol. The molecule has 0 heterocycles. The molecule has 0 aliphatic carbocycles. The van der Waals surface area contributed by atoms with Crippen LogP contribution in [0.5, 0.6) is 0 Å². The Kier molecular flexibility index (Phi) is 8.83. The molecule has 0 bridgehead atoms. The molecule has 0 saturated carbocycles. The Morgan fingerprint density at radius 3 is 2.18 bits per heavy atom. The Bertz CT molecular complexity index is 173. The third kappa shape index (κ3) is 5.36. The van der Waals surface area contributed by atoms with Crippen LogP contribution in [0, 0.1) is 5.41 Å². The highest BCUT2D eigenvalue weighted by Gasteiger charge is 2.29. The van der Waals surface area contributed by atoms with Gasteiger partial charge in [0.2, 0.25) is 0 Å². The zero-order valence-electron chi connectivity index (χ0n) is 12.3. The lowest BCUT2D eigenvalue weighted by atomic mass is 9.82. The zero-order chi connectivity index (χ0) is 13.3. The van der Waals surface area contributed by atoms with E-state index in [1.807, 2.05) is 0 Å². The summed E-state index contributed by atoms with van der Waals surface area (Å²) < 4.78 is 5.18. The van der Waals surface area contributed by atoms with Crippen molar-refractivity contribution in [3.63, 3.8) is 0 Å². The fourth-order valence-corrected chi connectivity index (χ4v) is 2.10. The molecular weight excluding hydrogens is 214 g/mol. The summed E-state index contributed by atoms with van der Waals surface area (Å²) in [5, 5.41) is 9.65. The number of aliphatic hydroxyl groups is 1. The second-order valence-electron chi connectivity index (χ2n) is 5.09. The Labute approximate surface area is 107 Å². The topological polar surface area (TPSA) is 32.7 Å². The smallest absolute Gasteiger partial charge is 0.0589 e. The second kappa shape index (κ2) is 8.90. The van der Waals surface area contributed by atoms with Crippen molar-refractivity contribution in [1.82, 2.24) is 4.90 Å². The molecule has 1 atom stereocenters. The van der Waals surface area contributed by atoms with Gasteiger partial charge in [0.25, 0.3) is 0 Å². The van der Waals surface area contributed by atoms with Crippen LogP contribution in [-0.4, -0.2) is 49.5 Å². The van der Waals surface area contributed by atoms with E-state index < -0.39 is 0 Å². The summed E-state index contributed by atoms with van der Waals surface area (Å²) >= 11 is 0. The van der Waals surface area contributed by atoms with Crippen LogP contribution in [0.25, 0.3) is 0 Å². The highest BCUT2D eigenvalue weighted by molar-refractivity contribution is 4.82. The minimum Gasteiger partial charge on any atom is -0.396 e. The lowest BCUT2D eigenvalue weighted by molar-refractivity contribution is 0.0355. The number of ether oxygens (including phenoxy) is 1. The van der Waals surface area contributed by atoms with E-state index in [9.17, 15) is 5.11 Å². The van der Waals surface area contributed by atoms with Crippen molar-refractivity contribution >= 4 is 0 Å². The first-order valence-corrected chi connectivity index (χ1v) is 6.92. The Balaban J connectivity index is 4.57. The molecule has 0 aliphatic rings. The number of hydrogen-bond acceptors (Lipinski definition) is 3. The number of hydrogen-bond donors (Lipinski definition) is 1. The first-order chi connectivity index (χ1) is 8.09. The van der Waals surface area contributed by atoms with Crippen molar-refractivity contribution in [2.24, 2.45) is 5.41 Å². The Morgan fingerprint density at radius 1 is 1.24 bits per heavy atom. The predicted molar refractivity (Wildman–Crippen MR) is 73.3 cm³/mol. The summed E-state index contributed by atoms with van der Waals surface area (Å²) in [5.74, 6) is 0. The molecule has 0 aromatic rings. The molecule has 0 amide bonds. The van der Waals surface area contributed by atoms with Gasteiger partial charge in [-0.2, -0.15) is 0 Å². The van der Waals surface area contributed by atoms with E-state index in [1.54, 1.807) is 7.11 Å². The monoisotopic (exact) mass is 245 g/mol. The summed E-state index contributed by atoms with van der Waals surface area (Å²) in [6.07, 6.45) is 3.19. The SMILES string of the molecule is CCC(C)N(CCOC)CC(CC)(CC)CO. The van der Waals surface area contributed by atoms with Gasteiger partial charge in [0, 0.05) is 38.3 Å². The lowest BCUT2D eigenvalue weighted by Crippen LogP contribution is -2.45. The van der Waals surface area contributed by atoms with Crippen molar-refractivity contribution in [3.05, 3.63) is 0 Å². The van der Waals surface area contributed by atoms with Crippen LogP contribution in [-0.2, 0) is 4.74 Å². The van der Waals surface area contributed by atoms with Crippen molar-refractivity contribution in [2.75, 3.05) is 33.4 Å². The van der Waals surface area contributed by atoms with E-state index in [0.717, 1.165) is 39.0 Å². The lowest BCUT2D eigenvalue weighted by Gasteiger charge is -2.38. The van der Waals surface area contributed by atoms with Crippen LogP contribution in [0.4, 0.5) is 0 Å². The van der Waals surface area contributed by atoms with Crippen LogP contribution in [0.15, 0.2) is 0 Å². The van der Waals surface area contributed by atoms with Crippen molar-refractivity contribution < 1.29 is 9.84 Å². The highest BCUT2D eigenvalue weighted by atomic mass is 16.5. The molecule has 3 heteroatoms. The van der Waals surface area contributed by atoms with Gasteiger partial charge in [0.05, 0.1) is 6.61 Å². The molecule has 0 aromatic carbocycles. The van der Waals surface area contributed by atoms with Crippen LogP contribution in [0.2, 0.25) is 0 Å². The maximum Gasteiger partial charge on any atom is 0.0589 e. The molecule has 1 unspecified atom stereocenters. The Hall–Kier alpha value is -0.120. The fourth-order valence-electron chi connectivity index (χ4n) is 2.10. The van der Waals surface area contributed by atoms with Gasteiger partial charge in [-0.15, -0.1) is 0 Å². The summed E-state index contributed by atoms with van der Waals surface area (Å²) in [4.78, 5) is 2.45. The zero-order valence-corrected chi connectivity index (χ0v) is 12.3. The van der Waals surface area contributed by atoms with Crippen molar-refractivity contribution in [3.8, 4) is 0 Å². The van der Waals surface area contributed by atoms with E-state index >= 15 is 0 Å². The maximum absolute atomic E-state index is 9.65. The predicted octanol–water partition coefficient (Wildman–Crippen LogP) is 2.53. The molecule has 1 N–H and O–H groups in total. The molecule has 17 heavy (non-hydrogen) atoms. The maximum atomic E-state index is 9.65. The molecular formula is C14H31NO2. The molecule has 0 fully saturated rings. The third-order valence-electron chi connectivity index (χ3n) is 4.17. The highest BCUT2D eigenvalue weighted by Crippen LogP contribution is 2.27. The van der Waals surface area contributed by atoms with Crippen LogP contribution < -0.4 is 0 Å². The van der Waals surface area contributed by atoms with E-state index in [4.69, 9.17) is 4.74 Å². The van der Waals surface area contributed by atoms with Crippen molar-refractivity contribution in [1.29, 1.82) is 0 Å². The third-order valence-corrected chi connectivity index (χ3v) is 4.17. The van der Waals surface area contributed by atoms with Gasteiger partial charge < -0.3 is 9.84 Å². The standard InChI is InChI=1S/C14H31NO2/c1-6-13(4)15(9-10-17-5)11-14(7-2,8-3)12-16/h13,16H,6-12H2,1-5H3. The van der Waals surface area contributed by atoms with Gasteiger partial charge >= 0.3 is 0 Å². The van der Waals surface area contributed by atoms with Crippen LogP contribution in [0.3, 0.4) is 0 Å². The van der Waals surface area contributed by atoms with Gasteiger partial charge in [-0.05, 0) is 26.2 Å². The summed E-state index contributed by atoms with van der Waals surface area (Å²) in [5.41, 5.74) is 0.0527. The largest absolute Gasteiger partial charge is 0.396 e. The first-order valence-electron chi connectivity index (χ1n) is 6.92. The van der Waals surface area contributed by atoms with Crippen LogP contribution in [0.1, 0.15) is 47.0 Å². The average Bonchev–Trinajstić information content (AvgIpc) is 2.39. The van der Waals surface area contributed by atoms with Gasteiger partial charge in [-0.25, -0.2) is 0 Å². The second-order valence-corrected chi connectivity index (χ2v) is 5.09. The van der Waals surface area contributed by atoms with E-state index in [-0.39, 0.29) is 12.0 Å². The number of nitrogens with zero attached hydrogens (tertiary/aromatic N) is 1. The minimum absolute atomic E-state index is 0.0527. The molecule has 3 nitrogen and oxygen atoms in total. The quantitative estimate of drug-likeness (QED) is 0.642. The molecule has 0 saturated heterocycles.